The highest BCUT2D eigenvalue weighted by Gasteiger charge is 2.36. The first-order valence-electron chi connectivity index (χ1n) is 7.68. The van der Waals surface area contributed by atoms with Gasteiger partial charge >= 0.3 is 0 Å². The van der Waals surface area contributed by atoms with Crippen LogP contribution in [-0.4, -0.2) is 42.1 Å². The van der Waals surface area contributed by atoms with Crippen molar-refractivity contribution in [3.05, 3.63) is 0 Å². The van der Waals surface area contributed by atoms with Gasteiger partial charge in [-0.2, -0.15) is 0 Å². The van der Waals surface area contributed by atoms with Crippen molar-refractivity contribution in [3.8, 4) is 0 Å². The van der Waals surface area contributed by atoms with Crippen LogP contribution in [0.25, 0.3) is 0 Å². The van der Waals surface area contributed by atoms with E-state index in [4.69, 9.17) is 10.5 Å². The third-order valence-electron chi connectivity index (χ3n) is 4.55. The number of rotatable bonds is 2. The van der Waals surface area contributed by atoms with E-state index >= 15 is 0 Å². The van der Waals surface area contributed by atoms with Gasteiger partial charge in [0.1, 0.15) is 0 Å². The van der Waals surface area contributed by atoms with E-state index < -0.39 is 0 Å². The van der Waals surface area contributed by atoms with Crippen LogP contribution in [0.2, 0.25) is 0 Å². The molecule has 1 saturated heterocycles. The summed E-state index contributed by atoms with van der Waals surface area (Å²) in [4.78, 5) is 14.8. The zero-order valence-electron chi connectivity index (χ0n) is 12.5. The van der Waals surface area contributed by atoms with Crippen LogP contribution in [-0.2, 0) is 9.53 Å². The monoisotopic (exact) mass is 268 g/mol. The summed E-state index contributed by atoms with van der Waals surface area (Å²) in [7, 11) is 0. The molecule has 1 aliphatic heterocycles. The fourth-order valence-electron chi connectivity index (χ4n) is 3.55. The molecule has 2 rings (SSSR count). The van der Waals surface area contributed by atoms with Gasteiger partial charge in [-0.1, -0.05) is 13.8 Å². The number of carbonyl (C=O) groups excluding carboxylic acids is 1. The lowest BCUT2D eigenvalue weighted by atomic mass is 9.79. The Labute approximate surface area is 116 Å². The molecule has 2 fully saturated rings. The van der Waals surface area contributed by atoms with E-state index in [1.807, 2.05) is 6.92 Å². The fourth-order valence-corrected chi connectivity index (χ4v) is 3.55. The smallest absolute Gasteiger partial charge is 0.226 e. The third-order valence-corrected chi connectivity index (χ3v) is 4.55. The van der Waals surface area contributed by atoms with Gasteiger partial charge in [-0.05, 0) is 38.5 Å². The van der Waals surface area contributed by atoms with Gasteiger partial charge < -0.3 is 15.4 Å². The van der Waals surface area contributed by atoms with E-state index in [2.05, 4.69) is 18.7 Å². The van der Waals surface area contributed by atoms with Crippen molar-refractivity contribution < 1.29 is 9.53 Å². The quantitative estimate of drug-likeness (QED) is 0.830. The maximum Gasteiger partial charge on any atom is 0.226 e. The topological polar surface area (TPSA) is 55.6 Å². The summed E-state index contributed by atoms with van der Waals surface area (Å²) in [6, 6.07) is 0.438. The van der Waals surface area contributed by atoms with Gasteiger partial charge in [0.15, 0.2) is 0 Å². The molecule has 19 heavy (non-hydrogen) atoms. The van der Waals surface area contributed by atoms with Crippen molar-refractivity contribution in [2.45, 2.75) is 64.6 Å². The molecule has 0 aromatic carbocycles. The van der Waals surface area contributed by atoms with Crippen LogP contribution < -0.4 is 5.73 Å². The fraction of sp³-hybridized carbons (Fsp3) is 0.933. The lowest BCUT2D eigenvalue weighted by molar-refractivity contribution is -0.150. The molecule has 1 heterocycles. The lowest BCUT2D eigenvalue weighted by Gasteiger charge is -2.42. The minimum absolute atomic E-state index is 0.123. The average Bonchev–Trinajstić information content (AvgIpc) is 2.36. The van der Waals surface area contributed by atoms with E-state index in [0.29, 0.717) is 18.4 Å². The molecule has 1 aliphatic carbocycles. The molecule has 1 saturated carbocycles. The molecule has 4 heteroatoms. The number of morpholine rings is 1. The molecule has 2 N–H and O–H groups in total. The number of ether oxygens (including phenoxy) is 1. The standard InChI is InChI=1S/C15H28N2O2/c1-4-14-9-19-11(3)8-17(14)15(18)12-5-10(2)6-13(16)7-12/h10-14H,4-9,16H2,1-3H3. The molecule has 0 aromatic rings. The molecule has 5 unspecified atom stereocenters. The number of nitrogens with two attached hydrogens (primary N) is 1. The Bertz CT molecular complexity index is 311. The maximum atomic E-state index is 12.8. The molecule has 4 nitrogen and oxygen atoms in total. The average molecular weight is 268 g/mol. The van der Waals surface area contributed by atoms with Crippen LogP contribution in [0.5, 0.6) is 0 Å². The van der Waals surface area contributed by atoms with E-state index in [1.54, 1.807) is 0 Å². The number of hydrogen-bond donors (Lipinski definition) is 1. The second kappa shape index (κ2) is 6.23. The van der Waals surface area contributed by atoms with Gasteiger partial charge in [0.25, 0.3) is 0 Å². The molecular formula is C15H28N2O2. The Hall–Kier alpha value is -0.610. The molecule has 2 aliphatic rings. The minimum atomic E-state index is 0.123. The second-order valence-corrected chi connectivity index (χ2v) is 6.47. The van der Waals surface area contributed by atoms with Crippen molar-refractivity contribution in [2.24, 2.45) is 17.6 Å². The summed E-state index contributed by atoms with van der Waals surface area (Å²) in [5, 5.41) is 0. The molecule has 0 bridgehead atoms. The lowest BCUT2D eigenvalue weighted by Crippen LogP contribution is -2.54. The first-order valence-corrected chi connectivity index (χ1v) is 7.68. The molecule has 1 amide bonds. The van der Waals surface area contributed by atoms with Crippen LogP contribution >= 0.6 is 0 Å². The van der Waals surface area contributed by atoms with Crippen LogP contribution in [0.4, 0.5) is 0 Å². The highest BCUT2D eigenvalue weighted by atomic mass is 16.5. The van der Waals surface area contributed by atoms with E-state index in [1.165, 1.54) is 0 Å². The van der Waals surface area contributed by atoms with Gasteiger partial charge in [0.05, 0.1) is 18.8 Å². The maximum absolute atomic E-state index is 12.8. The van der Waals surface area contributed by atoms with Gasteiger partial charge in [-0.25, -0.2) is 0 Å². The van der Waals surface area contributed by atoms with Gasteiger partial charge in [-0.3, -0.25) is 4.79 Å². The predicted molar refractivity (Wildman–Crippen MR) is 75.7 cm³/mol. The number of carbonyl (C=O) groups is 1. The Kier molecular flexibility index (Phi) is 4.85. The van der Waals surface area contributed by atoms with Gasteiger partial charge in [0.2, 0.25) is 5.91 Å². The summed E-state index contributed by atoms with van der Waals surface area (Å²) >= 11 is 0. The Morgan fingerprint density at radius 2 is 2.05 bits per heavy atom. The predicted octanol–water partition coefficient (Wildman–Crippen LogP) is 1.78. The molecular weight excluding hydrogens is 240 g/mol. The summed E-state index contributed by atoms with van der Waals surface area (Å²) in [5.41, 5.74) is 6.08. The zero-order valence-corrected chi connectivity index (χ0v) is 12.5. The Morgan fingerprint density at radius 1 is 1.32 bits per heavy atom. The van der Waals surface area contributed by atoms with Crippen LogP contribution in [0.1, 0.15) is 46.5 Å². The molecule has 110 valence electrons. The number of hydrogen-bond acceptors (Lipinski definition) is 3. The number of nitrogens with zero attached hydrogens (tertiary/aromatic N) is 1. The SMILES string of the molecule is CCC1COC(C)CN1C(=O)C1CC(C)CC(N)C1. The van der Waals surface area contributed by atoms with Gasteiger partial charge in [-0.15, -0.1) is 0 Å². The Balaban J connectivity index is 2.04. The summed E-state index contributed by atoms with van der Waals surface area (Å²) < 4.78 is 5.67. The van der Waals surface area contributed by atoms with Crippen molar-refractivity contribution in [1.29, 1.82) is 0 Å². The highest BCUT2D eigenvalue weighted by molar-refractivity contribution is 5.79. The molecule has 0 radical (unpaired) electrons. The van der Waals surface area contributed by atoms with Crippen LogP contribution in [0.3, 0.4) is 0 Å². The van der Waals surface area contributed by atoms with Gasteiger partial charge in [0, 0.05) is 18.5 Å². The van der Waals surface area contributed by atoms with E-state index in [-0.39, 0.29) is 24.1 Å². The normalized spacial score (nSPS) is 40.2. The molecule has 0 spiro atoms. The van der Waals surface area contributed by atoms with Crippen molar-refractivity contribution in [2.75, 3.05) is 13.2 Å². The summed E-state index contributed by atoms with van der Waals surface area (Å²) in [6.45, 7) is 7.79. The van der Waals surface area contributed by atoms with Crippen molar-refractivity contribution in [1.82, 2.24) is 4.90 Å². The van der Waals surface area contributed by atoms with Crippen LogP contribution in [0.15, 0.2) is 0 Å². The number of amides is 1. The van der Waals surface area contributed by atoms with Crippen molar-refractivity contribution >= 4 is 5.91 Å². The Morgan fingerprint density at radius 3 is 2.68 bits per heavy atom. The minimum Gasteiger partial charge on any atom is -0.375 e. The van der Waals surface area contributed by atoms with Crippen molar-refractivity contribution in [3.63, 3.8) is 0 Å². The molecule has 5 atom stereocenters. The highest BCUT2D eigenvalue weighted by Crippen LogP contribution is 2.31. The third kappa shape index (κ3) is 3.48. The molecule has 0 aromatic heterocycles. The van der Waals surface area contributed by atoms with E-state index in [0.717, 1.165) is 32.2 Å². The largest absolute Gasteiger partial charge is 0.375 e. The second-order valence-electron chi connectivity index (χ2n) is 6.47. The van der Waals surface area contributed by atoms with Crippen LogP contribution in [0, 0.1) is 11.8 Å². The first kappa shape index (κ1) is 14.8. The first-order chi connectivity index (χ1) is 9.01. The zero-order chi connectivity index (χ0) is 14.0. The van der Waals surface area contributed by atoms with E-state index in [9.17, 15) is 4.79 Å². The summed E-state index contributed by atoms with van der Waals surface area (Å²) in [6.07, 6.45) is 4.02. The summed E-state index contributed by atoms with van der Waals surface area (Å²) in [5.74, 6) is 0.998.